The monoisotopic (exact) mass is 540 g/mol. The van der Waals surface area contributed by atoms with Crippen molar-refractivity contribution in [2.45, 2.75) is 32.0 Å². The average molecular weight is 541 g/mol. The number of fused-ring (bicyclic) bond motifs is 1. The van der Waals surface area contributed by atoms with Crippen molar-refractivity contribution in [1.82, 2.24) is 10.2 Å². The van der Waals surface area contributed by atoms with Crippen molar-refractivity contribution in [3.63, 3.8) is 0 Å². The van der Waals surface area contributed by atoms with Gasteiger partial charge in [0.05, 0.1) is 6.42 Å². The molecule has 39 heavy (non-hydrogen) atoms. The maximum absolute atomic E-state index is 13.8. The number of hydrogen-bond donors (Lipinski definition) is 1. The summed E-state index contributed by atoms with van der Waals surface area (Å²) in [6.07, 6.45) is 0.567. The second-order valence-electron chi connectivity index (χ2n) is 9.42. The number of carbonyl (C=O) groups is 2. The van der Waals surface area contributed by atoms with Crippen LogP contribution in [0.4, 0.5) is 0 Å². The van der Waals surface area contributed by atoms with E-state index in [1.165, 1.54) is 0 Å². The van der Waals surface area contributed by atoms with Gasteiger partial charge in [0.25, 0.3) is 0 Å². The van der Waals surface area contributed by atoms with Gasteiger partial charge >= 0.3 is 0 Å². The van der Waals surface area contributed by atoms with Gasteiger partial charge in [0.15, 0.2) is 11.5 Å². The van der Waals surface area contributed by atoms with E-state index in [-0.39, 0.29) is 31.6 Å². The summed E-state index contributed by atoms with van der Waals surface area (Å²) in [5.74, 6) is 0.986. The molecule has 4 aromatic carbocycles. The zero-order valence-corrected chi connectivity index (χ0v) is 22.1. The van der Waals surface area contributed by atoms with E-state index in [0.29, 0.717) is 29.5 Å². The lowest BCUT2D eigenvalue weighted by atomic mass is 10.0. The first kappa shape index (κ1) is 26.3. The van der Waals surface area contributed by atoms with Crippen molar-refractivity contribution in [3.8, 4) is 11.5 Å². The van der Waals surface area contributed by atoms with Crippen LogP contribution in [0.1, 0.15) is 22.3 Å². The molecule has 5 rings (SSSR count). The number of hydrogen-bond acceptors (Lipinski definition) is 4. The fraction of sp³-hybridized carbons (Fsp3) is 0.188. The molecule has 6 nitrogen and oxygen atoms in total. The molecule has 7 heteroatoms. The summed E-state index contributed by atoms with van der Waals surface area (Å²) in [4.78, 5) is 29.3. The van der Waals surface area contributed by atoms with Gasteiger partial charge in [-0.25, -0.2) is 0 Å². The van der Waals surface area contributed by atoms with Crippen LogP contribution in [0.3, 0.4) is 0 Å². The van der Waals surface area contributed by atoms with Gasteiger partial charge in [0, 0.05) is 24.5 Å². The number of ether oxygens (including phenoxy) is 2. The molecule has 198 valence electrons. The number of carbonyl (C=O) groups excluding carboxylic acids is 2. The molecular weight excluding hydrogens is 512 g/mol. The van der Waals surface area contributed by atoms with E-state index in [1.54, 1.807) is 17.0 Å². The molecule has 0 aliphatic carbocycles. The Balaban J connectivity index is 1.42. The van der Waals surface area contributed by atoms with E-state index in [9.17, 15) is 9.59 Å². The molecule has 1 heterocycles. The molecule has 1 unspecified atom stereocenters. The fourth-order valence-corrected chi connectivity index (χ4v) is 4.70. The highest BCUT2D eigenvalue weighted by Gasteiger charge is 2.30. The maximum Gasteiger partial charge on any atom is 0.243 e. The largest absolute Gasteiger partial charge is 0.454 e. The van der Waals surface area contributed by atoms with E-state index < -0.39 is 6.04 Å². The number of nitrogens with one attached hydrogen (secondary N) is 1. The second kappa shape index (κ2) is 12.5. The van der Waals surface area contributed by atoms with Gasteiger partial charge in [-0.15, -0.1) is 0 Å². The first-order valence-corrected chi connectivity index (χ1v) is 13.2. The van der Waals surface area contributed by atoms with Crippen LogP contribution in [0.15, 0.2) is 103 Å². The highest BCUT2D eigenvalue weighted by atomic mass is 35.5. The van der Waals surface area contributed by atoms with Crippen LogP contribution < -0.4 is 14.8 Å². The Morgan fingerprint density at radius 3 is 2.13 bits per heavy atom. The van der Waals surface area contributed by atoms with Crippen molar-refractivity contribution in [2.75, 3.05) is 6.79 Å². The summed E-state index contributed by atoms with van der Waals surface area (Å²) in [7, 11) is 0. The van der Waals surface area contributed by atoms with E-state index in [4.69, 9.17) is 21.1 Å². The minimum Gasteiger partial charge on any atom is -0.454 e. The van der Waals surface area contributed by atoms with Gasteiger partial charge in [-0.05, 0) is 46.5 Å². The van der Waals surface area contributed by atoms with Crippen LogP contribution in [0.2, 0.25) is 5.02 Å². The highest BCUT2D eigenvalue weighted by Crippen LogP contribution is 2.32. The molecule has 0 fully saturated rings. The fourth-order valence-electron chi connectivity index (χ4n) is 4.57. The molecule has 0 saturated carbocycles. The predicted octanol–water partition coefficient (Wildman–Crippen LogP) is 5.57. The number of benzene rings is 4. The van der Waals surface area contributed by atoms with E-state index in [1.807, 2.05) is 91.0 Å². The molecule has 1 N–H and O–H groups in total. The number of amides is 2. The van der Waals surface area contributed by atoms with Crippen LogP contribution in [0, 0.1) is 0 Å². The molecule has 0 aromatic heterocycles. The molecule has 0 radical (unpaired) electrons. The van der Waals surface area contributed by atoms with Gasteiger partial charge in [0.1, 0.15) is 6.04 Å². The molecule has 0 bridgehead atoms. The molecule has 0 spiro atoms. The third-order valence-corrected chi connectivity index (χ3v) is 6.89. The zero-order valence-electron chi connectivity index (χ0n) is 21.4. The van der Waals surface area contributed by atoms with E-state index in [2.05, 4.69) is 5.32 Å². The van der Waals surface area contributed by atoms with Crippen LogP contribution in [-0.4, -0.2) is 29.5 Å². The minimum atomic E-state index is -0.728. The standard InChI is InChI=1S/C32H29ClN2O4/c33-27-14-11-25(12-15-27)21-35(31(36)19-24-9-5-2-6-10-24)28(17-23-7-3-1-4-8-23)32(37)34-20-26-13-16-29-30(18-26)39-22-38-29/h1-16,18,28H,17,19-22H2,(H,34,37). The predicted molar refractivity (Wildman–Crippen MR) is 150 cm³/mol. The smallest absolute Gasteiger partial charge is 0.243 e. The van der Waals surface area contributed by atoms with Gasteiger partial charge in [0.2, 0.25) is 18.6 Å². The topological polar surface area (TPSA) is 67.9 Å². The first-order valence-electron chi connectivity index (χ1n) is 12.8. The Hall–Kier alpha value is -4.29. The van der Waals surface area contributed by atoms with Gasteiger partial charge in [-0.1, -0.05) is 90.5 Å². The van der Waals surface area contributed by atoms with Gasteiger partial charge < -0.3 is 19.7 Å². The minimum absolute atomic E-state index is 0.129. The van der Waals surface area contributed by atoms with Crippen molar-refractivity contribution in [3.05, 3.63) is 130 Å². The summed E-state index contributed by atoms with van der Waals surface area (Å²) in [6.45, 7) is 0.758. The zero-order chi connectivity index (χ0) is 27.0. The number of rotatable bonds is 10. The van der Waals surface area contributed by atoms with Gasteiger partial charge in [-0.2, -0.15) is 0 Å². The summed E-state index contributed by atoms with van der Waals surface area (Å²) in [6, 6.07) is 31.5. The van der Waals surface area contributed by atoms with Gasteiger partial charge in [-0.3, -0.25) is 9.59 Å². The van der Waals surface area contributed by atoms with Crippen molar-refractivity contribution in [1.29, 1.82) is 0 Å². The van der Waals surface area contributed by atoms with Crippen LogP contribution >= 0.6 is 11.6 Å². The SMILES string of the molecule is O=C(NCc1ccc2c(c1)OCO2)C(Cc1ccccc1)N(Cc1ccc(Cl)cc1)C(=O)Cc1ccccc1. The van der Waals surface area contributed by atoms with E-state index >= 15 is 0 Å². The molecular formula is C32H29ClN2O4. The molecule has 1 aliphatic rings. The molecule has 1 aliphatic heterocycles. The summed E-state index contributed by atoms with van der Waals surface area (Å²) in [5, 5.41) is 3.67. The van der Waals surface area contributed by atoms with Crippen LogP contribution in [-0.2, 0) is 35.5 Å². The Bertz CT molecular complexity index is 1410. The van der Waals surface area contributed by atoms with Crippen molar-refractivity contribution >= 4 is 23.4 Å². The Kier molecular flexibility index (Phi) is 8.44. The van der Waals surface area contributed by atoms with Crippen molar-refractivity contribution < 1.29 is 19.1 Å². The Labute approximate surface area is 233 Å². The maximum atomic E-state index is 13.8. The number of halogens is 1. The van der Waals surface area contributed by atoms with Crippen LogP contribution in [0.25, 0.3) is 0 Å². The molecule has 0 saturated heterocycles. The molecule has 4 aromatic rings. The first-order chi connectivity index (χ1) is 19.0. The summed E-state index contributed by atoms with van der Waals surface area (Å²) < 4.78 is 10.9. The van der Waals surface area contributed by atoms with E-state index in [0.717, 1.165) is 22.3 Å². The average Bonchev–Trinajstić information content (AvgIpc) is 3.44. The lowest BCUT2D eigenvalue weighted by molar-refractivity contribution is -0.140. The molecule has 2 amide bonds. The summed E-state index contributed by atoms with van der Waals surface area (Å²) in [5.41, 5.74) is 3.63. The third kappa shape index (κ3) is 6.98. The normalized spacial score (nSPS) is 12.5. The van der Waals surface area contributed by atoms with Crippen molar-refractivity contribution in [2.24, 2.45) is 0 Å². The lowest BCUT2D eigenvalue weighted by Crippen LogP contribution is -2.50. The third-order valence-electron chi connectivity index (χ3n) is 6.64. The van der Waals surface area contributed by atoms with Crippen LogP contribution in [0.5, 0.6) is 11.5 Å². The Morgan fingerprint density at radius 2 is 1.41 bits per heavy atom. The highest BCUT2D eigenvalue weighted by molar-refractivity contribution is 6.30. The number of nitrogens with zero attached hydrogens (tertiary/aromatic N) is 1. The lowest BCUT2D eigenvalue weighted by Gasteiger charge is -2.32. The Morgan fingerprint density at radius 1 is 0.769 bits per heavy atom. The summed E-state index contributed by atoms with van der Waals surface area (Å²) >= 11 is 6.11. The second-order valence-corrected chi connectivity index (χ2v) is 9.86. The quantitative estimate of drug-likeness (QED) is 0.286. The molecule has 1 atom stereocenters.